The summed E-state index contributed by atoms with van der Waals surface area (Å²) in [5.41, 5.74) is 1.86. The number of nitrogens with zero attached hydrogens (tertiary/aromatic N) is 2. The third kappa shape index (κ3) is 4.73. The first-order valence-electron chi connectivity index (χ1n) is 8.66. The fraction of sp³-hybridized carbons (Fsp3) is 0.350. The minimum Gasteiger partial charge on any atom is -0.497 e. The van der Waals surface area contributed by atoms with Gasteiger partial charge in [-0.1, -0.05) is 12.1 Å². The monoisotopic (exact) mass is 468 g/mol. The molecule has 26 heavy (non-hydrogen) atoms. The number of carbonyl (C=O) groups excluding carboxylic acids is 1. The van der Waals surface area contributed by atoms with Crippen molar-refractivity contribution < 1.29 is 13.9 Å². The molecular formula is C20H22FIN2O2. The highest BCUT2D eigenvalue weighted by Gasteiger charge is 2.23. The molecule has 0 aromatic heterocycles. The SMILES string of the molecule is COc1ccc(CCN2CCN(C(=O)c3ccc(F)cc3I)CC2)cc1. The molecule has 0 N–H and O–H groups in total. The Morgan fingerprint density at radius 3 is 2.42 bits per heavy atom. The first-order valence-corrected chi connectivity index (χ1v) is 9.74. The number of halogens is 2. The zero-order valence-electron chi connectivity index (χ0n) is 14.8. The lowest BCUT2D eigenvalue weighted by molar-refractivity contribution is 0.0637. The maximum Gasteiger partial charge on any atom is 0.255 e. The first kappa shape index (κ1) is 19.1. The molecule has 2 aromatic rings. The zero-order chi connectivity index (χ0) is 18.5. The Labute approximate surface area is 167 Å². The molecule has 6 heteroatoms. The fourth-order valence-corrected chi connectivity index (χ4v) is 3.80. The molecule has 0 unspecified atom stereocenters. The van der Waals surface area contributed by atoms with Gasteiger partial charge in [-0.15, -0.1) is 0 Å². The summed E-state index contributed by atoms with van der Waals surface area (Å²) in [5.74, 6) is 0.551. The first-order chi connectivity index (χ1) is 12.6. The van der Waals surface area contributed by atoms with E-state index >= 15 is 0 Å². The quantitative estimate of drug-likeness (QED) is 0.631. The topological polar surface area (TPSA) is 32.8 Å². The van der Waals surface area contributed by atoms with Gasteiger partial charge in [-0.05, 0) is 64.9 Å². The van der Waals surface area contributed by atoms with Gasteiger partial charge in [0.25, 0.3) is 5.91 Å². The third-order valence-electron chi connectivity index (χ3n) is 4.70. The van der Waals surface area contributed by atoms with E-state index in [2.05, 4.69) is 17.0 Å². The van der Waals surface area contributed by atoms with Crippen LogP contribution in [0.4, 0.5) is 4.39 Å². The summed E-state index contributed by atoms with van der Waals surface area (Å²) in [6.07, 6.45) is 0.980. The van der Waals surface area contributed by atoms with Crippen molar-refractivity contribution in [2.45, 2.75) is 6.42 Å². The average molecular weight is 468 g/mol. The van der Waals surface area contributed by atoms with Crippen LogP contribution in [-0.4, -0.2) is 55.5 Å². The predicted molar refractivity (Wildman–Crippen MR) is 108 cm³/mol. The lowest BCUT2D eigenvalue weighted by Gasteiger charge is -2.35. The van der Waals surface area contributed by atoms with Crippen LogP contribution in [0.25, 0.3) is 0 Å². The predicted octanol–water partition coefficient (Wildman–Crippen LogP) is 3.44. The Morgan fingerprint density at radius 1 is 1.12 bits per heavy atom. The van der Waals surface area contributed by atoms with Gasteiger partial charge < -0.3 is 9.64 Å². The average Bonchev–Trinajstić information content (AvgIpc) is 2.67. The number of piperazine rings is 1. The van der Waals surface area contributed by atoms with Crippen molar-refractivity contribution in [1.29, 1.82) is 0 Å². The molecule has 138 valence electrons. The normalized spacial score (nSPS) is 15.1. The third-order valence-corrected chi connectivity index (χ3v) is 5.59. The molecule has 1 aliphatic heterocycles. The number of hydrogen-bond donors (Lipinski definition) is 0. The molecule has 3 rings (SSSR count). The molecule has 1 fully saturated rings. The van der Waals surface area contributed by atoms with Crippen LogP contribution in [0.5, 0.6) is 5.75 Å². The summed E-state index contributed by atoms with van der Waals surface area (Å²) in [7, 11) is 1.67. The lowest BCUT2D eigenvalue weighted by atomic mass is 10.1. The van der Waals surface area contributed by atoms with Crippen molar-refractivity contribution in [3.8, 4) is 5.75 Å². The second kappa shape index (κ2) is 8.81. The van der Waals surface area contributed by atoms with Crippen LogP contribution in [0.15, 0.2) is 42.5 Å². The molecule has 0 spiro atoms. The molecule has 0 atom stereocenters. The van der Waals surface area contributed by atoms with Crippen molar-refractivity contribution in [2.24, 2.45) is 0 Å². The van der Waals surface area contributed by atoms with E-state index in [1.807, 2.05) is 39.6 Å². The van der Waals surface area contributed by atoms with Crippen molar-refractivity contribution in [1.82, 2.24) is 9.80 Å². The summed E-state index contributed by atoms with van der Waals surface area (Å²) in [6, 6.07) is 12.5. The highest BCUT2D eigenvalue weighted by molar-refractivity contribution is 14.1. The highest BCUT2D eigenvalue weighted by Crippen LogP contribution is 2.17. The van der Waals surface area contributed by atoms with Crippen LogP contribution in [-0.2, 0) is 6.42 Å². The minimum atomic E-state index is -0.311. The van der Waals surface area contributed by atoms with Gasteiger partial charge in [0.15, 0.2) is 0 Å². The maximum atomic E-state index is 13.2. The molecule has 2 aromatic carbocycles. The van der Waals surface area contributed by atoms with E-state index in [1.54, 1.807) is 13.2 Å². The standard InChI is InChI=1S/C20H22FIN2O2/c1-26-17-5-2-15(3-6-17)8-9-23-10-12-24(13-11-23)20(25)18-7-4-16(21)14-19(18)22/h2-7,14H,8-13H2,1H3. The number of hydrogen-bond acceptors (Lipinski definition) is 3. The second-order valence-corrected chi connectivity index (χ2v) is 7.52. The molecule has 1 amide bonds. The molecule has 0 saturated carbocycles. The van der Waals surface area contributed by atoms with E-state index in [4.69, 9.17) is 4.74 Å². The number of benzene rings is 2. The Kier molecular flexibility index (Phi) is 6.48. The van der Waals surface area contributed by atoms with Crippen molar-refractivity contribution >= 4 is 28.5 Å². The van der Waals surface area contributed by atoms with E-state index in [0.29, 0.717) is 22.2 Å². The van der Waals surface area contributed by atoms with E-state index in [-0.39, 0.29) is 11.7 Å². The summed E-state index contributed by atoms with van der Waals surface area (Å²) < 4.78 is 19.1. The van der Waals surface area contributed by atoms with E-state index in [9.17, 15) is 9.18 Å². The van der Waals surface area contributed by atoms with Crippen LogP contribution in [0.2, 0.25) is 0 Å². The van der Waals surface area contributed by atoms with Crippen molar-refractivity contribution in [3.63, 3.8) is 0 Å². The summed E-state index contributed by atoms with van der Waals surface area (Å²) in [6.45, 7) is 4.10. The maximum absolute atomic E-state index is 13.2. The van der Waals surface area contributed by atoms with Crippen LogP contribution < -0.4 is 4.74 Å². The van der Waals surface area contributed by atoms with Gasteiger partial charge in [-0.3, -0.25) is 9.69 Å². The highest BCUT2D eigenvalue weighted by atomic mass is 127. The number of carbonyl (C=O) groups is 1. The molecular weight excluding hydrogens is 446 g/mol. The van der Waals surface area contributed by atoms with Gasteiger partial charge in [0.2, 0.25) is 0 Å². The number of ether oxygens (including phenoxy) is 1. The van der Waals surface area contributed by atoms with Gasteiger partial charge in [0, 0.05) is 36.3 Å². The minimum absolute atomic E-state index is 0.01000. The van der Waals surface area contributed by atoms with Gasteiger partial charge in [-0.2, -0.15) is 0 Å². The number of rotatable bonds is 5. The van der Waals surface area contributed by atoms with E-state index < -0.39 is 0 Å². The Hall–Kier alpha value is -1.67. The number of amides is 1. The van der Waals surface area contributed by atoms with Gasteiger partial charge >= 0.3 is 0 Å². The molecule has 0 bridgehead atoms. The molecule has 1 aliphatic rings. The number of methoxy groups -OCH3 is 1. The molecule has 1 saturated heterocycles. The van der Waals surface area contributed by atoms with Gasteiger partial charge in [0.1, 0.15) is 11.6 Å². The molecule has 0 aliphatic carbocycles. The van der Waals surface area contributed by atoms with E-state index in [0.717, 1.165) is 31.8 Å². The zero-order valence-corrected chi connectivity index (χ0v) is 16.9. The summed E-state index contributed by atoms with van der Waals surface area (Å²) in [5, 5.41) is 0. The van der Waals surface area contributed by atoms with E-state index in [1.165, 1.54) is 17.7 Å². The van der Waals surface area contributed by atoms with Crippen LogP contribution >= 0.6 is 22.6 Å². The van der Waals surface area contributed by atoms with Crippen molar-refractivity contribution in [2.75, 3.05) is 39.8 Å². The van der Waals surface area contributed by atoms with Crippen LogP contribution in [0, 0.1) is 9.39 Å². The van der Waals surface area contributed by atoms with Crippen LogP contribution in [0.1, 0.15) is 15.9 Å². The molecule has 1 heterocycles. The Morgan fingerprint density at radius 2 is 1.81 bits per heavy atom. The Bertz CT molecular complexity index is 759. The van der Waals surface area contributed by atoms with Crippen molar-refractivity contribution in [3.05, 3.63) is 63.0 Å². The second-order valence-electron chi connectivity index (χ2n) is 6.36. The summed E-state index contributed by atoms with van der Waals surface area (Å²) >= 11 is 2.02. The Balaban J connectivity index is 1.49. The largest absolute Gasteiger partial charge is 0.497 e. The summed E-state index contributed by atoms with van der Waals surface area (Å²) in [4.78, 5) is 16.9. The van der Waals surface area contributed by atoms with Crippen LogP contribution in [0.3, 0.4) is 0 Å². The molecule has 4 nitrogen and oxygen atoms in total. The van der Waals surface area contributed by atoms with Gasteiger partial charge in [0.05, 0.1) is 12.7 Å². The van der Waals surface area contributed by atoms with Gasteiger partial charge in [-0.25, -0.2) is 4.39 Å². The molecule has 0 radical (unpaired) electrons. The fourth-order valence-electron chi connectivity index (χ4n) is 3.09. The lowest BCUT2D eigenvalue weighted by Crippen LogP contribution is -2.49. The smallest absolute Gasteiger partial charge is 0.255 e.